The summed E-state index contributed by atoms with van der Waals surface area (Å²) in [5, 5.41) is 0. The predicted octanol–water partition coefficient (Wildman–Crippen LogP) is 16.5. The zero-order valence-electron chi connectivity index (χ0n) is 39.7. The van der Waals surface area contributed by atoms with Gasteiger partial charge in [0, 0.05) is 19.3 Å². The van der Waals surface area contributed by atoms with Crippen LogP contribution in [0.3, 0.4) is 0 Å². The highest BCUT2D eigenvalue weighted by Crippen LogP contribution is 2.18. The highest BCUT2D eigenvalue weighted by Gasteiger charge is 2.19. The van der Waals surface area contributed by atoms with Gasteiger partial charge in [-0.25, -0.2) is 0 Å². The molecule has 6 heteroatoms. The van der Waals surface area contributed by atoms with E-state index in [9.17, 15) is 14.4 Å². The average molecular weight is 821 g/mol. The molecule has 0 spiro atoms. The number of rotatable bonds is 46. The van der Waals surface area contributed by atoms with E-state index in [2.05, 4.69) is 34.6 Å². The molecule has 0 aliphatic heterocycles. The Balaban J connectivity index is 4.29. The van der Waals surface area contributed by atoms with Crippen LogP contribution in [0.15, 0.2) is 0 Å². The van der Waals surface area contributed by atoms with E-state index in [0.717, 1.165) is 69.6 Å². The van der Waals surface area contributed by atoms with Crippen LogP contribution in [0.1, 0.15) is 285 Å². The minimum absolute atomic E-state index is 0.0638. The Morgan fingerprint density at radius 2 is 0.655 bits per heavy atom. The molecular formula is C52H100O6. The van der Waals surface area contributed by atoms with Gasteiger partial charge in [0.25, 0.3) is 0 Å². The lowest BCUT2D eigenvalue weighted by Crippen LogP contribution is -2.30. The molecule has 6 nitrogen and oxygen atoms in total. The van der Waals surface area contributed by atoms with Crippen molar-refractivity contribution in [2.45, 2.75) is 291 Å². The van der Waals surface area contributed by atoms with Crippen LogP contribution in [0.5, 0.6) is 0 Å². The van der Waals surface area contributed by atoms with E-state index in [1.807, 2.05) is 0 Å². The Morgan fingerprint density at radius 3 is 0.983 bits per heavy atom. The second-order valence-electron chi connectivity index (χ2n) is 18.5. The highest BCUT2D eigenvalue weighted by molar-refractivity contribution is 5.71. The Hall–Kier alpha value is -1.59. The highest BCUT2D eigenvalue weighted by atomic mass is 16.6. The van der Waals surface area contributed by atoms with E-state index >= 15 is 0 Å². The second-order valence-corrected chi connectivity index (χ2v) is 18.5. The van der Waals surface area contributed by atoms with E-state index in [-0.39, 0.29) is 31.1 Å². The quantitative estimate of drug-likeness (QED) is 0.0346. The number of unbranched alkanes of at least 4 members (excludes halogenated alkanes) is 30. The lowest BCUT2D eigenvalue weighted by molar-refractivity contribution is -0.167. The third kappa shape index (κ3) is 44.0. The molecule has 0 fully saturated rings. The molecule has 0 aromatic heterocycles. The summed E-state index contributed by atoms with van der Waals surface area (Å²) in [5.74, 6) is 0.857. The summed E-state index contributed by atoms with van der Waals surface area (Å²) in [4.78, 5) is 37.9. The summed E-state index contributed by atoms with van der Waals surface area (Å²) in [6.45, 7) is 11.4. The normalized spacial score (nSPS) is 12.5. The second kappa shape index (κ2) is 44.9. The first-order valence-electron chi connectivity index (χ1n) is 25.8. The van der Waals surface area contributed by atoms with Crippen molar-refractivity contribution in [3.63, 3.8) is 0 Å². The van der Waals surface area contributed by atoms with E-state index in [1.54, 1.807) is 0 Å². The molecule has 0 aliphatic carbocycles. The fourth-order valence-electron chi connectivity index (χ4n) is 7.78. The first-order chi connectivity index (χ1) is 28.3. The Labute approximate surface area is 361 Å². The van der Waals surface area contributed by atoms with Crippen molar-refractivity contribution in [2.24, 2.45) is 11.8 Å². The van der Waals surface area contributed by atoms with Crippen molar-refractivity contribution in [3.8, 4) is 0 Å². The van der Waals surface area contributed by atoms with Gasteiger partial charge < -0.3 is 14.2 Å². The van der Waals surface area contributed by atoms with Gasteiger partial charge in [-0.2, -0.15) is 0 Å². The van der Waals surface area contributed by atoms with Crippen LogP contribution in [-0.4, -0.2) is 37.2 Å². The molecule has 0 saturated carbocycles. The van der Waals surface area contributed by atoms with Gasteiger partial charge in [-0.3, -0.25) is 14.4 Å². The topological polar surface area (TPSA) is 78.9 Å². The third-order valence-corrected chi connectivity index (χ3v) is 12.1. The smallest absolute Gasteiger partial charge is 0.306 e. The summed E-state index contributed by atoms with van der Waals surface area (Å²) in [5.41, 5.74) is 0. The fourth-order valence-corrected chi connectivity index (χ4v) is 7.78. The number of hydrogen-bond acceptors (Lipinski definition) is 6. The van der Waals surface area contributed by atoms with Crippen LogP contribution >= 0.6 is 0 Å². The Morgan fingerprint density at radius 1 is 0.362 bits per heavy atom. The van der Waals surface area contributed by atoms with Gasteiger partial charge in [0.2, 0.25) is 0 Å². The van der Waals surface area contributed by atoms with Crippen LogP contribution in [0, 0.1) is 11.8 Å². The first-order valence-corrected chi connectivity index (χ1v) is 25.8. The summed E-state index contributed by atoms with van der Waals surface area (Å²) in [6, 6.07) is 0. The predicted molar refractivity (Wildman–Crippen MR) is 247 cm³/mol. The molecule has 0 saturated heterocycles. The maximum atomic E-state index is 12.8. The number of ether oxygens (including phenoxy) is 3. The van der Waals surface area contributed by atoms with Crippen molar-refractivity contribution in [3.05, 3.63) is 0 Å². The molecule has 2 atom stereocenters. The van der Waals surface area contributed by atoms with Crippen LogP contribution in [0.4, 0.5) is 0 Å². The van der Waals surface area contributed by atoms with Gasteiger partial charge in [0.15, 0.2) is 6.10 Å². The largest absolute Gasteiger partial charge is 0.462 e. The Kier molecular flexibility index (Phi) is 43.7. The number of carbonyl (C=O) groups is 3. The lowest BCUT2D eigenvalue weighted by Gasteiger charge is -2.18. The van der Waals surface area contributed by atoms with E-state index in [4.69, 9.17) is 14.2 Å². The molecule has 0 rings (SSSR count). The lowest BCUT2D eigenvalue weighted by atomic mass is 9.99. The van der Waals surface area contributed by atoms with Gasteiger partial charge >= 0.3 is 17.9 Å². The Bertz CT molecular complexity index is 887. The summed E-state index contributed by atoms with van der Waals surface area (Å²) >= 11 is 0. The van der Waals surface area contributed by atoms with E-state index in [0.29, 0.717) is 19.3 Å². The van der Waals surface area contributed by atoms with Crippen molar-refractivity contribution in [1.82, 2.24) is 0 Å². The molecule has 0 aromatic carbocycles. The molecule has 58 heavy (non-hydrogen) atoms. The first kappa shape index (κ1) is 56.4. The number of carbonyl (C=O) groups excluding carboxylic acids is 3. The van der Waals surface area contributed by atoms with Crippen molar-refractivity contribution in [2.75, 3.05) is 13.2 Å². The maximum Gasteiger partial charge on any atom is 0.306 e. The molecule has 344 valence electrons. The summed E-state index contributed by atoms with van der Waals surface area (Å²) < 4.78 is 16.8. The SMILES string of the molecule is CCCCCCCCCCCCC(=O)OC[C@H](COC(=O)CCCCCCCCCCCCCCCC(C)C)OC(=O)CCCCCCCCCCCCC(C)CC. The average Bonchev–Trinajstić information content (AvgIpc) is 3.21. The molecule has 0 aliphatic rings. The molecular weight excluding hydrogens is 721 g/mol. The molecule has 0 N–H and O–H groups in total. The van der Waals surface area contributed by atoms with Crippen LogP contribution in [-0.2, 0) is 28.6 Å². The van der Waals surface area contributed by atoms with Gasteiger partial charge in [-0.15, -0.1) is 0 Å². The van der Waals surface area contributed by atoms with E-state index < -0.39 is 6.10 Å². The third-order valence-electron chi connectivity index (χ3n) is 12.1. The molecule has 0 amide bonds. The monoisotopic (exact) mass is 821 g/mol. The molecule has 1 unspecified atom stereocenters. The van der Waals surface area contributed by atoms with Crippen molar-refractivity contribution in [1.29, 1.82) is 0 Å². The number of esters is 3. The molecule has 0 radical (unpaired) electrons. The summed E-state index contributed by atoms with van der Waals surface area (Å²) in [7, 11) is 0. The summed E-state index contributed by atoms with van der Waals surface area (Å²) in [6.07, 6.45) is 45.1. The molecule has 0 heterocycles. The van der Waals surface area contributed by atoms with Crippen LogP contribution in [0.2, 0.25) is 0 Å². The zero-order chi connectivity index (χ0) is 42.6. The zero-order valence-corrected chi connectivity index (χ0v) is 39.7. The maximum absolute atomic E-state index is 12.8. The minimum Gasteiger partial charge on any atom is -0.462 e. The van der Waals surface area contributed by atoms with Gasteiger partial charge in [-0.1, -0.05) is 247 Å². The van der Waals surface area contributed by atoms with Gasteiger partial charge in [0.1, 0.15) is 13.2 Å². The van der Waals surface area contributed by atoms with Crippen molar-refractivity contribution >= 4 is 17.9 Å². The molecule has 0 aromatic rings. The van der Waals surface area contributed by atoms with Crippen LogP contribution in [0.25, 0.3) is 0 Å². The molecule has 0 bridgehead atoms. The minimum atomic E-state index is -0.761. The van der Waals surface area contributed by atoms with Crippen molar-refractivity contribution < 1.29 is 28.6 Å². The van der Waals surface area contributed by atoms with E-state index in [1.165, 1.54) is 173 Å². The number of hydrogen-bond donors (Lipinski definition) is 0. The van der Waals surface area contributed by atoms with Gasteiger partial charge in [0.05, 0.1) is 0 Å². The van der Waals surface area contributed by atoms with Gasteiger partial charge in [-0.05, 0) is 31.1 Å². The standard InChI is InChI=1S/C52H100O6/c1-6-8-9-10-11-12-22-27-32-37-42-50(53)56-45-49(58-52(55)44-39-34-29-24-19-18-21-26-31-36-41-48(5)7-2)46-57-51(54)43-38-33-28-23-17-15-13-14-16-20-25-30-35-40-47(3)4/h47-49H,6-46H2,1-5H3/t48?,49-/m1/s1. The van der Waals surface area contributed by atoms with Crippen LogP contribution < -0.4 is 0 Å². The fraction of sp³-hybridized carbons (Fsp3) is 0.942.